The molecule has 156 valence electrons. The summed E-state index contributed by atoms with van der Waals surface area (Å²) in [6, 6.07) is 14.2. The fourth-order valence-corrected chi connectivity index (χ4v) is 3.31. The summed E-state index contributed by atoms with van der Waals surface area (Å²) >= 11 is 0. The Morgan fingerprint density at radius 3 is 2.63 bits per heavy atom. The molecule has 0 aliphatic carbocycles. The predicted molar refractivity (Wildman–Crippen MR) is 114 cm³/mol. The summed E-state index contributed by atoms with van der Waals surface area (Å²) in [5.74, 6) is -0.638. The third kappa shape index (κ3) is 5.11. The lowest BCUT2D eigenvalue weighted by Crippen LogP contribution is -2.32. The van der Waals surface area contributed by atoms with Crippen LogP contribution in [-0.2, 0) is 20.9 Å². The maximum absolute atomic E-state index is 12.7. The van der Waals surface area contributed by atoms with E-state index in [-0.39, 0.29) is 43.4 Å². The number of esters is 1. The fourth-order valence-electron chi connectivity index (χ4n) is 3.31. The summed E-state index contributed by atoms with van der Waals surface area (Å²) < 4.78 is 6.46. The largest absolute Gasteiger partial charge is 0.466 e. The average Bonchev–Trinajstić information content (AvgIpc) is 2.74. The summed E-state index contributed by atoms with van der Waals surface area (Å²) in [5.41, 5.74) is 2.24. The van der Waals surface area contributed by atoms with Gasteiger partial charge in [0.2, 0.25) is 5.91 Å². The molecule has 3 aromatic rings. The summed E-state index contributed by atoms with van der Waals surface area (Å²) in [6.07, 6.45) is 1.60. The van der Waals surface area contributed by atoms with Crippen molar-refractivity contribution >= 4 is 22.8 Å². The summed E-state index contributed by atoms with van der Waals surface area (Å²) in [5, 5.41) is 3.41. The first-order chi connectivity index (χ1) is 14.5. The second-order valence-electron chi connectivity index (χ2n) is 7.00. The van der Waals surface area contributed by atoms with E-state index < -0.39 is 6.04 Å². The first-order valence-electron chi connectivity index (χ1n) is 9.94. The van der Waals surface area contributed by atoms with Crippen molar-refractivity contribution in [2.75, 3.05) is 6.61 Å². The molecule has 0 fully saturated rings. The zero-order valence-corrected chi connectivity index (χ0v) is 17.1. The van der Waals surface area contributed by atoms with Gasteiger partial charge >= 0.3 is 5.97 Å². The molecule has 0 saturated heterocycles. The Morgan fingerprint density at radius 2 is 1.90 bits per heavy atom. The number of hydrogen-bond acceptors (Lipinski definition) is 5. The smallest absolute Gasteiger partial charge is 0.308 e. The molecule has 1 heterocycles. The van der Waals surface area contributed by atoms with Gasteiger partial charge in [-0.15, -0.1) is 0 Å². The number of aromatic nitrogens is 2. The van der Waals surface area contributed by atoms with Crippen molar-refractivity contribution < 1.29 is 14.3 Å². The minimum Gasteiger partial charge on any atom is -0.466 e. The van der Waals surface area contributed by atoms with Crippen molar-refractivity contribution in [1.82, 2.24) is 14.9 Å². The topological polar surface area (TPSA) is 90.3 Å². The number of carbonyl (C=O) groups is 2. The maximum atomic E-state index is 12.7. The molecule has 1 unspecified atom stereocenters. The molecule has 7 nitrogen and oxygen atoms in total. The highest BCUT2D eigenvalue weighted by molar-refractivity contribution is 5.80. The number of benzene rings is 2. The van der Waals surface area contributed by atoms with Crippen molar-refractivity contribution in [3.8, 4) is 0 Å². The number of aryl methyl sites for hydroxylation is 2. The van der Waals surface area contributed by atoms with Gasteiger partial charge in [-0.05, 0) is 31.0 Å². The lowest BCUT2D eigenvalue weighted by atomic mass is 10.0. The maximum Gasteiger partial charge on any atom is 0.308 e. The van der Waals surface area contributed by atoms with E-state index in [0.29, 0.717) is 10.9 Å². The molecule has 0 radical (unpaired) electrons. The zero-order valence-electron chi connectivity index (χ0n) is 17.1. The Kier molecular flexibility index (Phi) is 6.95. The normalized spacial score (nSPS) is 11.8. The van der Waals surface area contributed by atoms with Crippen LogP contribution in [0.5, 0.6) is 0 Å². The van der Waals surface area contributed by atoms with Gasteiger partial charge in [-0.1, -0.05) is 42.5 Å². The quantitative estimate of drug-likeness (QED) is 0.580. The van der Waals surface area contributed by atoms with Crippen molar-refractivity contribution in [1.29, 1.82) is 0 Å². The number of hydrogen-bond donors (Lipinski definition) is 1. The number of nitrogens with one attached hydrogen (secondary N) is 1. The second-order valence-corrected chi connectivity index (χ2v) is 7.00. The number of amides is 1. The van der Waals surface area contributed by atoms with E-state index >= 15 is 0 Å². The van der Waals surface area contributed by atoms with Crippen LogP contribution in [0.4, 0.5) is 0 Å². The third-order valence-corrected chi connectivity index (χ3v) is 4.85. The van der Waals surface area contributed by atoms with Crippen molar-refractivity contribution in [3.05, 3.63) is 76.3 Å². The molecule has 3 rings (SSSR count). The zero-order chi connectivity index (χ0) is 21.5. The van der Waals surface area contributed by atoms with Gasteiger partial charge in [0.05, 0.1) is 36.3 Å². The Balaban J connectivity index is 1.70. The molecule has 2 aromatic carbocycles. The Labute approximate surface area is 174 Å². The van der Waals surface area contributed by atoms with Crippen LogP contribution in [0.15, 0.2) is 59.7 Å². The van der Waals surface area contributed by atoms with Crippen LogP contribution < -0.4 is 10.9 Å². The first kappa shape index (κ1) is 21.2. The highest BCUT2D eigenvalue weighted by atomic mass is 16.5. The van der Waals surface area contributed by atoms with Crippen molar-refractivity contribution in [2.45, 2.75) is 39.3 Å². The van der Waals surface area contributed by atoms with Gasteiger partial charge in [0.15, 0.2) is 0 Å². The molecule has 7 heteroatoms. The minimum atomic E-state index is -0.494. The van der Waals surface area contributed by atoms with Gasteiger partial charge < -0.3 is 10.1 Å². The predicted octanol–water partition coefficient (Wildman–Crippen LogP) is 2.91. The fraction of sp³-hybridized carbons (Fsp3) is 0.304. The standard InChI is InChI=1S/C23H25N3O4/c1-3-30-21(28)14-19(17-9-5-4-6-10-17)25-20(27)12-13-26-15-24-22-16(2)8-7-11-18(22)23(26)29/h4-11,15,19H,3,12-14H2,1-2H3,(H,25,27). The summed E-state index contributed by atoms with van der Waals surface area (Å²) in [7, 11) is 0. The molecule has 30 heavy (non-hydrogen) atoms. The number of nitrogens with zero attached hydrogens (tertiary/aromatic N) is 2. The van der Waals surface area contributed by atoms with Gasteiger partial charge in [-0.2, -0.15) is 0 Å². The number of ether oxygens (including phenoxy) is 1. The molecule has 0 saturated carbocycles. The SMILES string of the molecule is CCOC(=O)CC(NC(=O)CCn1cnc2c(C)cccc2c1=O)c1ccccc1. The van der Waals surface area contributed by atoms with E-state index in [4.69, 9.17) is 4.74 Å². The lowest BCUT2D eigenvalue weighted by molar-refractivity contribution is -0.143. The second kappa shape index (κ2) is 9.82. The summed E-state index contributed by atoms with van der Waals surface area (Å²) in [6.45, 7) is 4.12. The van der Waals surface area contributed by atoms with Crippen LogP contribution in [0.3, 0.4) is 0 Å². The van der Waals surface area contributed by atoms with E-state index in [1.807, 2.05) is 49.4 Å². The van der Waals surface area contributed by atoms with Gasteiger partial charge in [-0.3, -0.25) is 19.0 Å². The van der Waals surface area contributed by atoms with Crippen molar-refractivity contribution in [2.24, 2.45) is 0 Å². The highest BCUT2D eigenvalue weighted by Gasteiger charge is 2.19. The van der Waals surface area contributed by atoms with E-state index in [9.17, 15) is 14.4 Å². The molecule has 1 atom stereocenters. The van der Waals surface area contributed by atoms with Crippen LogP contribution in [0, 0.1) is 6.92 Å². The molecule has 1 aromatic heterocycles. The molecule has 0 aliphatic rings. The van der Waals surface area contributed by atoms with E-state index in [0.717, 1.165) is 11.1 Å². The van der Waals surface area contributed by atoms with Crippen LogP contribution in [0.25, 0.3) is 10.9 Å². The lowest BCUT2D eigenvalue weighted by Gasteiger charge is -2.18. The molecule has 1 amide bonds. The Hall–Kier alpha value is -3.48. The van der Waals surface area contributed by atoms with Crippen molar-refractivity contribution in [3.63, 3.8) is 0 Å². The van der Waals surface area contributed by atoms with Gasteiger partial charge in [0.1, 0.15) is 0 Å². The number of rotatable bonds is 8. The molecule has 1 N–H and O–H groups in total. The molecular weight excluding hydrogens is 382 g/mol. The Morgan fingerprint density at radius 1 is 1.13 bits per heavy atom. The van der Waals surface area contributed by atoms with E-state index in [1.54, 1.807) is 13.0 Å². The Bertz CT molecular complexity index is 1090. The average molecular weight is 407 g/mol. The first-order valence-corrected chi connectivity index (χ1v) is 9.94. The van der Waals surface area contributed by atoms with Gasteiger partial charge in [-0.25, -0.2) is 4.98 Å². The van der Waals surface area contributed by atoms with Crippen LogP contribution >= 0.6 is 0 Å². The number of para-hydroxylation sites is 1. The van der Waals surface area contributed by atoms with Crippen LogP contribution in [0.2, 0.25) is 0 Å². The number of carbonyl (C=O) groups excluding carboxylic acids is 2. The summed E-state index contributed by atoms with van der Waals surface area (Å²) in [4.78, 5) is 41.6. The van der Waals surface area contributed by atoms with Gasteiger partial charge in [0.25, 0.3) is 5.56 Å². The van der Waals surface area contributed by atoms with E-state index in [2.05, 4.69) is 10.3 Å². The molecular formula is C23H25N3O4. The van der Waals surface area contributed by atoms with E-state index in [1.165, 1.54) is 10.9 Å². The monoisotopic (exact) mass is 407 g/mol. The van der Waals surface area contributed by atoms with Gasteiger partial charge in [0, 0.05) is 13.0 Å². The highest BCUT2D eigenvalue weighted by Crippen LogP contribution is 2.17. The van der Waals surface area contributed by atoms with Crippen LogP contribution in [-0.4, -0.2) is 28.0 Å². The minimum absolute atomic E-state index is 0.0420. The molecule has 0 bridgehead atoms. The number of fused-ring (bicyclic) bond motifs is 1. The molecule has 0 spiro atoms. The molecule has 0 aliphatic heterocycles. The van der Waals surface area contributed by atoms with Crippen LogP contribution in [0.1, 0.15) is 36.9 Å². The third-order valence-electron chi connectivity index (χ3n) is 4.85.